The van der Waals surface area contributed by atoms with Crippen LogP contribution in [0.1, 0.15) is 17.0 Å². The Labute approximate surface area is 116 Å². The third-order valence-corrected chi connectivity index (χ3v) is 3.51. The van der Waals surface area contributed by atoms with Crippen LogP contribution in [0.15, 0.2) is 18.3 Å². The van der Waals surface area contributed by atoms with Crippen molar-refractivity contribution in [1.82, 2.24) is 9.97 Å². The van der Waals surface area contributed by atoms with E-state index in [2.05, 4.69) is 9.97 Å². The molecule has 4 nitrogen and oxygen atoms in total. The average Bonchev–Trinajstić information content (AvgIpc) is 2.87. The van der Waals surface area contributed by atoms with Crippen LogP contribution in [-0.4, -0.2) is 22.6 Å². The molecule has 0 bridgehead atoms. The summed E-state index contributed by atoms with van der Waals surface area (Å²) in [5, 5.41) is 0. The lowest BCUT2D eigenvalue weighted by Gasteiger charge is -2.12. The summed E-state index contributed by atoms with van der Waals surface area (Å²) in [6.07, 6.45) is 2.05. The van der Waals surface area contributed by atoms with Gasteiger partial charge in [-0.3, -0.25) is 4.98 Å². The van der Waals surface area contributed by atoms with E-state index in [9.17, 15) is 4.39 Å². The molecule has 104 valence electrons. The number of nitrogens with two attached hydrogens (primary N) is 1. The van der Waals surface area contributed by atoms with Crippen molar-refractivity contribution < 1.29 is 9.13 Å². The van der Waals surface area contributed by atoms with Gasteiger partial charge >= 0.3 is 0 Å². The SMILES string of the molecule is Cc1cnc(C)c(-c2ccc(F)c3c2OC(CN)C3)n1. The van der Waals surface area contributed by atoms with Gasteiger partial charge in [-0.05, 0) is 26.0 Å². The number of aromatic nitrogens is 2. The first-order valence-electron chi connectivity index (χ1n) is 6.59. The molecule has 20 heavy (non-hydrogen) atoms. The van der Waals surface area contributed by atoms with E-state index in [-0.39, 0.29) is 11.9 Å². The van der Waals surface area contributed by atoms with E-state index in [1.54, 1.807) is 12.3 Å². The van der Waals surface area contributed by atoms with Crippen molar-refractivity contribution in [2.24, 2.45) is 5.73 Å². The van der Waals surface area contributed by atoms with Crippen LogP contribution in [0.25, 0.3) is 11.3 Å². The van der Waals surface area contributed by atoms with Crippen molar-refractivity contribution in [3.63, 3.8) is 0 Å². The summed E-state index contributed by atoms with van der Waals surface area (Å²) in [5.74, 6) is 0.307. The minimum atomic E-state index is -0.252. The minimum absolute atomic E-state index is 0.168. The molecule has 0 saturated carbocycles. The number of rotatable bonds is 2. The maximum atomic E-state index is 13.9. The van der Waals surface area contributed by atoms with Crippen molar-refractivity contribution in [2.45, 2.75) is 26.4 Å². The van der Waals surface area contributed by atoms with Crippen LogP contribution in [0, 0.1) is 19.7 Å². The highest BCUT2D eigenvalue weighted by Gasteiger charge is 2.28. The summed E-state index contributed by atoms with van der Waals surface area (Å²) < 4.78 is 19.7. The Morgan fingerprint density at radius 3 is 2.95 bits per heavy atom. The number of benzene rings is 1. The Morgan fingerprint density at radius 1 is 1.40 bits per heavy atom. The van der Waals surface area contributed by atoms with E-state index in [4.69, 9.17) is 10.5 Å². The molecule has 0 spiro atoms. The van der Waals surface area contributed by atoms with E-state index in [0.717, 1.165) is 22.6 Å². The van der Waals surface area contributed by atoms with Gasteiger partial charge in [-0.15, -0.1) is 0 Å². The van der Waals surface area contributed by atoms with Crippen LogP contribution in [0.3, 0.4) is 0 Å². The van der Waals surface area contributed by atoms with Gasteiger partial charge in [0.05, 0.1) is 17.1 Å². The molecule has 1 aromatic heterocycles. The van der Waals surface area contributed by atoms with Gasteiger partial charge < -0.3 is 10.5 Å². The number of aryl methyl sites for hydroxylation is 2. The molecule has 0 amide bonds. The summed E-state index contributed by atoms with van der Waals surface area (Å²) in [7, 11) is 0. The Kier molecular flexibility index (Phi) is 3.14. The largest absolute Gasteiger partial charge is 0.488 e. The maximum absolute atomic E-state index is 13.9. The number of hydrogen-bond acceptors (Lipinski definition) is 4. The van der Waals surface area contributed by atoms with Gasteiger partial charge in [0.25, 0.3) is 0 Å². The standard InChI is InChI=1S/C15H16FN3O/c1-8-7-18-9(2)14(19-8)11-3-4-13(16)12-5-10(6-17)20-15(11)12/h3-4,7,10H,5-6,17H2,1-2H3. The summed E-state index contributed by atoms with van der Waals surface area (Å²) >= 11 is 0. The molecule has 1 unspecified atom stereocenters. The molecule has 2 heterocycles. The van der Waals surface area contributed by atoms with Crippen LogP contribution in [0.5, 0.6) is 5.75 Å². The molecule has 3 rings (SSSR count). The van der Waals surface area contributed by atoms with Gasteiger partial charge in [0.1, 0.15) is 17.7 Å². The predicted molar refractivity (Wildman–Crippen MR) is 74.1 cm³/mol. The summed E-state index contributed by atoms with van der Waals surface area (Å²) in [4.78, 5) is 8.81. The molecule has 0 aliphatic carbocycles. The lowest BCUT2D eigenvalue weighted by molar-refractivity contribution is 0.242. The van der Waals surface area contributed by atoms with Gasteiger partial charge in [-0.2, -0.15) is 0 Å². The Morgan fingerprint density at radius 2 is 2.20 bits per heavy atom. The lowest BCUT2D eigenvalue weighted by Crippen LogP contribution is -2.24. The van der Waals surface area contributed by atoms with Crippen molar-refractivity contribution in [3.8, 4) is 17.0 Å². The van der Waals surface area contributed by atoms with Crippen molar-refractivity contribution in [3.05, 3.63) is 41.1 Å². The maximum Gasteiger partial charge on any atom is 0.135 e. The van der Waals surface area contributed by atoms with E-state index in [1.165, 1.54) is 6.07 Å². The summed E-state index contributed by atoms with van der Waals surface area (Å²) in [6.45, 7) is 4.13. The number of nitrogens with zero attached hydrogens (tertiary/aromatic N) is 2. The van der Waals surface area contributed by atoms with Gasteiger partial charge in [-0.25, -0.2) is 9.37 Å². The monoisotopic (exact) mass is 273 g/mol. The third kappa shape index (κ3) is 2.04. The molecule has 2 N–H and O–H groups in total. The second-order valence-corrected chi connectivity index (χ2v) is 5.03. The highest BCUT2D eigenvalue weighted by molar-refractivity contribution is 5.72. The van der Waals surface area contributed by atoms with Crippen molar-refractivity contribution >= 4 is 0 Å². The smallest absolute Gasteiger partial charge is 0.135 e. The van der Waals surface area contributed by atoms with Gasteiger partial charge in [-0.1, -0.05) is 0 Å². The Balaban J connectivity index is 2.17. The first-order chi connectivity index (χ1) is 9.60. The highest BCUT2D eigenvalue weighted by Crippen LogP contribution is 2.40. The van der Waals surface area contributed by atoms with Crippen molar-refractivity contribution in [2.75, 3.05) is 6.54 Å². The molecule has 1 aromatic carbocycles. The lowest BCUT2D eigenvalue weighted by atomic mass is 10.0. The quantitative estimate of drug-likeness (QED) is 0.911. The first-order valence-corrected chi connectivity index (χ1v) is 6.59. The number of halogens is 1. The molecular formula is C15H16FN3O. The molecule has 1 atom stereocenters. The zero-order valence-electron chi connectivity index (χ0n) is 11.5. The third-order valence-electron chi connectivity index (χ3n) is 3.51. The predicted octanol–water partition coefficient (Wildman–Crippen LogP) is 2.16. The molecule has 0 radical (unpaired) electrons. The van der Waals surface area contributed by atoms with Crippen LogP contribution in [0.2, 0.25) is 0 Å². The number of hydrogen-bond donors (Lipinski definition) is 1. The fourth-order valence-corrected chi connectivity index (χ4v) is 2.48. The van der Waals surface area contributed by atoms with Crippen LogP contribution >= 0.6 is 0 Å². The van der Waals surface area contributed by atoms with Crippen LogP contribution in [0.4, 0.5) is 4.39 Å². The average molecular weight is 273 g/mol. The topological polar surface area (TPSA) is 61.0 Å². The first kappa shape index (κ1) is 13.0. The number of ether oxygens (including phenoxy) is 1. The summed E-state index contributed by atoms with van der Waals surface area (Å²) in [5.41, 5.74) is 9.35. The zero-order chi connectivity index (χ0) is 14.3. The van der Waals surface area contributed by atoms with E-state index >= 15 is 0 Å². The molecular weight excluding hydrogens is 257 g/mol. The number of fused-ring (bicyclic) bond motifs is 1. The highest BCUT2D eigenvalue weighted by atomic mass is 19.1. The van der Waals surface area contributed by atoms with Gasteiger partial charge in [0, 0.05) is 30.3 Å². The molecule has 5 heteroatoms. The van der Waals surface area contributed by atoms with E-state index < -0.39 is 0 Å². The van der Waals surface area contributed by atoms with Gasteiger partial charge in [0.2, 0.25) is 0 Å². The molecule has 1 aliphatic rings. The molecule has 1 aliphatic heterocycles. The van der Waals surface area contributed by atoms with Crippen LogP contribution < -0.4 is 10.5 Å². The second-order valence-electron chi connectivity index (χ2n) is 5.03. The van der Waals surface area contributed by atoms with Crippen molar-refractivity contribution in [1.29, 1.82) is 0 Å². The van der Waals surface area contributed by atoms with Crippen LogP contribution in [-0.2, 0) is 6.42 Å². The van der Waals surface area contributed by atoms with E-state index in [0.29, 0.717) is 24.3 Å². The molecule has 2 aromatic rings. The molecule has 0 saturated heterocycles. The fraction of sp³-hybridized carbons (Fsp3) is 0.333. The minimum Gasteiger partial charge on any atom is -0.488 e. The fourth-order valence-electron chi connectivity index (χ4n) is 2.48. The molecule has 0 fully saturated rings. The summed E-state index contributed by atoms with van der Waals surface area (Å²) in [6, 6.07) is 3.16. The van der Waals surface area contributed by atoms with Gasteiger partial charge in [0.15, 0.2) is 0 Å². The van der Waals surface area contributed by atoms with E-state index in [1.807, 2.05) is 13.8 Å². The second kappa shape index (κ2) is 4.83. The normalized spacial score (nSPS) is 16.9. The Hall–Kier alpha value is -2.01. The zero-order valence-corrected chi connectivity index (χ0v) is 11.5. The Bertz CT molecular complexity index is 672.